The Kier molecular flexibility index (Phi) is 6.11. The fraction of sp³-hybridized carbons (Fsp3) is 0.360. The number of nitrogens with one attached hydrogen (secondary N) is 1. The first kappa shape index (κ1) is 21.6. The van der Waals surface area contributed by atoms with E-state index >= 15 is 0 Å². The van der Waals surface area contributed by atoms with Crippen molar-refractivity contribution in [3.63, 3.8) is 0 Å². The molecule has 3 heterocycles. The summed E-state index contributed by atoms with van der Waals surface area (Å²) in [5, 5.41) is 3.98. The lowest BCUT2D eigenvalue weighted by atomic mass is 10.1. The molecule has 2 aliphatic rings. The van der Waals surface area contributed by atoms with Gasteiger partial charge in [-0.3, -0.25) is 14.5 Å². The van der Waals surface area contributed by atoms with E-state index in [-0.39, 0.29) is 30.5 Å². The van der Waals surface area contributed by atoms with E-state index in [2.05, 4.69) is 21.0 Å². The lowest BCUT2D eigenvalue weighted by molar-refractivity contribution is -0.122. The van der Waals surface area contributed by atoms with E-state index in [1.807, 2.05) is 24.3 Å². The van der Waals surface area contributed by atoms with Gasteiger partial charge in [-0.25, -0.2) is 4.39 Å². The molecule has 0 spiro atoms. The van der Waals surface area contributed by atoms with Gasteiger partial charge in [0, 0.05) is 61.9 Å². The Bertz CT molecular complexity index is 1170. The highest BCUT2D eigenvalue weighted by molar-refractivity contribution is 6.04. The van der Waals surface area contributed by atoms with Gasteiger partial charge in [0.05, 0.1) is 24.8 Å². The minimum absolute atomic E-state index is 0.0698. The van der Waals surface area contributed by atoms with Gasteiger partial charge in [-0.2, -0.15) is 0 Å². The molecule has 1 N–H and O–H groups in total. The molecule has 0 aliphatic carbocycles. The molecule has 7 nitrogen and oxygen atoms in total. The Labute approximate surface area is 191 Å². The molecule has 33 heavy (non-hydrogen) atoms. The number of carbonyl (C=O) groups is 2. The van der Waals surface area contributed by atoms with E-state index in [1.54, 1.807) is 18.2 Å². The van der Waals surface area contributed by atoms with Crippen molar-refractivity contribution in [3.05, 3.63) is 60.5 Å². The summed E-state index contributed by atoms with van der Waals surface area (Å²) in [6.07, 6.45) is 2.14. The van der Waals surface area contributed by atoms with Crippen LogP contribution in [0.3, 0.4) is 0 Å². The number of amides is 2. The molecule has 2 amide bonds. The molecule has 8 heteroatoms. The first-order chi connectivity index (χ1) is 16.1. The van der Waals surface area contributed by atoms with E-state index in [0.717, 1.165) is 50.3 Å². The van der Waals surface area contributed by atoms with E-state index < -0.39 is 11.7 Å². The number of hydrogen-bond acceptors (Lipinski definition) is 4. The van der Waals surface area contributed by atoms with Crippen LogP contribution in [0.15, 0.2) is 54.7 Å². The molecule has 1 unspecified atom stereocenters. The number of aromatic nitrogens is 1. The standard InChI is InChI=1S/C25H27FN4O3/c26-21-3-1-2-4-23(21)30-17-19(16-24(30)31)25(32)27-20-5-6-22-18(15-20)7-8-29(22)10-9-28-11-13-33-14-12-28/h1-8,15,19H,9-14,16-17H2,(H,27,32). The third kappa shape index (κ3) is 4.62. The van der Waals surface area contributed by atoms with Gasteiger partial charge in [-0.05, 0) is 36.4 Å². The van der Waals surface area contributed by atoms with Gasteiger partial charge >= 0.3 is 0 Å². The van der Waals surface area contributed by atoms with Crippen LogP contribution in [0.25, 0.3) is 10.9 Å². The van der Waals surface area contributed by atoms with Crippen LogP contribution in [0.4, 0.5) is 15.8 Å². The van der Waals surface area contributed by atoms with E-state index in [0.29, 0.717) is 5.69 Å². The quantitative estimate of drug-likeness (QED) is 0.627. The lowest BCUT2D eigenvalue weighted by Gasteiger charge is -2.26. The predicted octanol–water partition coefficient (Wildman–Crippen LogP) is 3.10. The van der Waals surface area contributed by atoms with Crippen molar-refractivity contribution < 1.29 is 18.7 Å². The predicted molar refractivity (Wildman–Crippen MR) is 125 cm³/mol. The molecule has 2 saturated heterocycles. The smallest absolute Gasteiger partial charge is 0.229 e. The number of para-hydroxylation sites is 1. The van der Waals surface area contributed by atoms with E-state index in [9.17, 15) is 14.0 Å². The highest BCUT2D eigenvalue weighted by Gasteiger charge is 2.36. The summed E-state index contributed by atoms with van der Waals surface area (Å²) in [5.41, 5.74) is 2.02. The van der Waals surface area contributed by atoms with Gasteiger partial charge < -0.3 is 19.5 Å². The molecule has 1 aromatic heterocycles. The molecule has 0 saturated carbocycles. The number of carbonyl (C=O) groups excluding carboxylic acids is 2. The second kappa shape index (κ2) is 9.33. The Morgan fingerprint density at radius 1 is 1.09 bits per heavy atom. The maximum Gasteiger partial charge on any atom is 0.229 e. The van der Waals surface area contributed by atoms with Crippen molar-refractivity contribution in [1.29, 1.82) is 0 Å². The van der Waals surface area contributed by atoms with Crippen LogP contribution < -0.4 is 10.2 Å². The van der Waals surface area contributed by atoms with Crippen LogP contribution in [0.1, 0.15) is 6.42 Å². The number of benzene rings is 2. The summed E-state index contributed by atoms with van der Waals surface area (Å²) in [4.78, 5) is 29.0. The van der Waals surface area contributed by atoms with Gasteiger partial charge in [0.2, 0.25) is 11.8 Å². The fourth-order valence-electron chi connectivity index (χ4n) is 4.58. The number of hydrogen-bond donors (Lipinski definition) is 1. The van der Waals surface area contributed by atoms with Gasteiger partial charge in [0.15, 0.2) is 0 Å². The summed E-state index contributed by atoms with van der Waals surface area (Å²) < 4.78 is 21.7. The average molecular weight is 451 g/mol. The normalized spacial score (nSPS) is 19.4. The van der Waals surface area contributed by atoms with Crippen LogP contribution >= 0.6 is 0 Å². The third-order valence-electron chi connectivity index (χ3n) is 6.44. The second-order valence-corrected chi connectivity index (χ2v) is 8.58. The van der Waals surface area contributed by atoms with Crippen LogP contribution in [-0.4, -0.2) is 60.7 Å². The van der Waals surface area contributed by atoms with Gasteiger partial charge in [0.1, 0.15) is 5.82 Å². The van der Waals surface area contributed by atoms with E-state index in [4.69, 9.17) is 4.74 Å². The minimum atomic E-state index is -0.522. The van der Waals surface area contributed by atoms with Crippen molar-refractivity contribution in [2.45, 2.75) is 13.0 Å². The molecule has 2 aliphatic heterocycles. The summed E-state index contributed by atoms with van der Waals surface area (Å²) in [6.45, 7) is 5.55. The Morgan fingerprint density at radius 3 is 2.73 bits per heavy atom. The van der Waals surface area contributed by atoms with Crippen molar-refractivity contribution in [2.75, 3.05) is 49.6 Å². The zero-order valence-corrected chi connectivity index (χ0v) is 18.4. The Morgan fingerprint density at radius 2 is 1.91 bits per heavy atom. The fourth-order valence-corrected chi connectivity index (χ4v) is 4.58. The number of ether oxygens (including phenoxy) is 1. The summed E-state index contributed by atoms with van der Waals surface area (Å²) in [6, 6.07) is 14.0. The first-order valence-corrected chi connectivity index (χ1v) is 11.3. The highest BCUT2D eigenvalue weighted by Crippen LogP contribution is 2.28. The van der Waals surface area contributed by atoms with Crippen molar-refractivity contribution in [1.82, 2.24) is 9.47 Å². The molecule has 5 rings (SSSR count). The van der Waals surface area contributed by atoms with Crippen LogP contribution in [0, 0.1) is 11.7 Å². The van der Waals surface area contributed by atoms with Crippen molar-refractivity contribution in [2.24, 2.45) is 5.92 Å². The highest BCUT2D eigenvalue weighted by atomic mass is 19.1. The van der Waals surface area contributed by atoms with Crippen molar-refractivity contribution in [3.8, 4) is 0 Å². The van der Waals surface area contributed by atoms with Crippen molar-refractivity contribution >= 4 is 34.1 Å². The molecule has 3 aromatic rings. The monoisotopic (exact) mass is 450 g/mol. The summed E-state index contributed by atoms with van der Waals surface area (Å²) in [5.74, 6) is -1.46. The molecular weight excluding hydrogens is 423 g/mol. The SMILES string of the molecule is O=C(Nc1ccc2c(ccn2CCN2CCOCC2)c1)C1CC(=O)N(c2ccccc2F)C1. The van der Waals surface area contributed by atoms with Gasteiger partial charge in [-0.15, -0.1) is 0 Å². The molecular formula is C25H27FN4O3. The van der Waals surface area contributed by atoms with Crippen LogP contribution in [0.2, 0.25) is 0 Å². The minimum Gasteiger partial charge on any atom is -0.379 e. The number of fused-ring (bicyclic) bond motifs is 1. The van der Waals surface area contributed by atoms with Crippen LogP contribution in [0.5, 0.6) is 0 Å². The Balaban J connectivity index is 1.22. The first-order valence-electron chi connectivity index (χ1n) is 11.3. The zero-order valence-electron chi connectivity index (χ0n) is 18.4. The maximum absolute atomic E-state index is 14.1. The topological polar surface area (TPSA) is 66.8 Å². The summed E-state index contributed by atoms with van der Waals surface area (Å²) >= 11 is 0. The molecule has 2 aromatic carbocycles. The maximum atomic E-state index is 14.1. The second-order valence-electron chi connectivity index (χ2n) is 8.58. The number of halogens is 1. The third-order valence-corrected chi connectivity index (χ3v) is 6.44. The van der Waals surface area contributed by atoms with Gasteiger partial charge in [0.25, 0.3) is 0 Å². The van der Waals surface area contributed by atoms with Crippen LogP contribution in [-0.2, 0) is 20.9 Å². The number of anilines is 2. The number of nitrogens with zero attached hydrogens (tertiary/aromatic N) is 3. The average Bonchev–Trinajstić information content (AvgIpc) is 3.42. The Hall–Kier alpha value is -3.23. The molecule has 0 radical (unpaired) electrons. The molecule has 0 bridgehead atoms. The number of morpholine rings is 1. The summed E-state index contributed by atoms with van der Waals surface area (Å²) in [7, 11) is 0. The van der Waals surface area contributed by atoms with Gasteiger partial charge in [-0.1, -0.05) is 12.1 Å². The largest absolute Gasteiger partial charge is 0.379 e. The number of rotatable bonds is 6. The molecule has 2 fully saturated rings. The van der Waals surface area contributed by atoms with E-state index in [1.165, 1.54) is 11.0 Å². The lowest BCUT2D eigenvalue weighted by Crippen LogP contribution is -2.38. The molecule has 1 atom stereocenters. The molecule has 172 valence electrons. The zero-order chi connectivity index (χ0) is 22.8.